The molecule has 3 rings (SSSR count). The van der Waals surface area contributed by atoms with Crippen molar-refractivity contribution in [1.82, 2.24) is 0 Å². The lowest BCUT2D eigenvalue weighted by Gasteiger charge is -2.12. The molecule has 3 nitrogen and oxygen atoms in total. The molecule has 0 saturated carbocycles. The predicted octanol–water partition coefficient (Wildman–Crippen LogP) is 5.22. The quantitative estimate of drug-likeness (QED) is 0.599. The second kappa shape index (κ2) is 6.71. The fraction of sp³-hybridized carbons (Fsp3) is 0.150. The number of alkyl halides is 3. The largest absolute Gasteiger partial charge is 0.490 e. The summed E-state index contributed by atoms with van der Waals surface area (Å²) in [6.45, 7) is 3.67. The van der Waals surface area contributed by atoms with Crippen LogP contribution in [0.25, 0.3) is 22.3 Å². The molecule has 0 radical (unpaired) electrons. The maximum atomic E-state index is 13.0. The van der Waals surface area contributed by atoms with E-state index in [1.165, 1.54) is 19.2 Å². The highest BCUT2D eigenvalue weighted by atomic mass is 19.4. The Morgan fingerprint density at radius 1 is 1.19 bits per heavy atom. The number of halogens is 3. The lowest BCUT2D eigenvalue weighted by Crippen LogP contribution is -2.09. The van der Waals surface area contributed by atoms with Crippen LogP contribution in [0.2, 0.25) is 0 Å². The van der Waals surface area contributed by atoms with Gasteiger partial charge in [0, 0.05) is 5.56 Å². The molecule has 0 bridgehead atoms. The van der Waals surface area contributed by atoms with Crippen molar-refractivity contribution >= 4 is 11.0 Å². The fourth-order valence-electron chi connectivity index (χ4n) is 2.79. The van der Waals surface area contributed by atoms with Crippen LogP contribution in [0.5, 0.6) is 5.75 Å². The van der Waals surface area contributed by atoms with Crippen molar-refractivity contribution in [3.8, 4) is 17.1 Å². The lowest BCUT2D eigenvalue weighted by atomic mass is 10.0. The molecule has 0 aliphatic carbocycles. The van der Waals surface area contributed by atoms with Gasteiger partial charge in [0.25, 0.3) is 0 Å². The average Bonchev–Trinajstić information content (AvgIpc) is 2.62. The number of methoxy groups -OCH3 is 1. The van der Waals surface area contributed by atoms with Crippen molar-refractivity contribution in [3.05, 3.63) is 76.5 Å². The Kier molecular flexibility index (Phi) is 4.59. The smallest absolute Gasteiger partial charge is 0.416 e. The number of benzene rings is 2. The summed E-state index contributed by atoms with van der Waals surface area (Å²) < 4.78 is 50.1. The third-order valence-corrected chi connectivity index (χ3v) is 3.98. The molecule has 1 aromatic heterocycles. The lowest BCUT2D eigenvalue weighted by molar-refractivity contribution is -0.137. The van der Waals surface area contributed by atoms with Gasteiger partial charge in [-0.1, -0.05) is 30.3 Å². The van der Waals surface area contributed by atoms with E-state index in [0.29, 0.717) is 23.0 Å². The molecule has 3 aromatic rings. The molecule has 26 heavy (non-hydrogen) atoms. The first kappa shape index (κ1) is 17.8. The van der Waals surface area contributed by atoms with Gasteiger partial charge in [0.05, 0.1) is 18.1 Å². The van der Waals surface area contributed by atoms with E-state index in [-0.39, 0.29) is 17.1 Å². The summed E-state index contributed by atoms with van der Waals surface area (Å²) in [6, 6.07) is 9.67. The van der Waals surface area contributed by atoms with Crippen molar-refractivity contribution < 1.29 is 22.3 Å². The SMILES string of the molecule is C=CCc1cccc2c(=O)c(OC)c(-c3cccc(C(F)(F)F)c3)oc12. The molecular formula is C20H15F3O3. The van der Waals surface area contributed by atoms with Gasteiger partial charge in [-0.25, -0.2) is 0 Å². The number of rotatable bonds is 4. The maximum absolute atomic E-state index is 13.0. The van der Waals surface area contributed by atoms with E-state index >= 15 is 0 Å². The molecule has 0 atom stereocenters. The molecule has 2 aromatic carbocycles. The first-order chi connectivity index (χ1) is 12.4. The molecule has 0 unspecified atom stereocenters. The zero-order valence-electron chi connectivity index (χ0n) is 13.9. The summed E-state index contributed by atoms with van der Waals surface area (Å²) in [4.78, 5) is 12.8. The Hall–Kier alpha value is -3.02. The molecule has 0 fully saturated rings. The van der Waals surface area contributed by atoms with Gasteiger partial charge in [-0.05, 0) is 30.2 Å². The first-order valence-corrected chi connectivity index (χ1v) is 7.78. The molecule has 6 heteroatoms. The Labute approximate surface area is 147 Å². The van der Waals surface area contributed by atoms with Gasteiger partial charge in [-0.2, -0.15) is 13.2 Å². The molecule has 0 spiro atoms. The summed E-state index contributed by atoms with van der Waals surface area (Å²) in [6.07, 6.45) is -2.40. The Morgan fingerprint density at radius 2 is 1.92 bits per heavy atom. The predicted molar refractivity (Wildman–Crippen MR) is 93.4 cm³/mol. The average molecular weight is 360 g/mol. The van der Waals surface area contributed by atoms with E-state index in [1.54, 1.807) is 24.3 Å². The molecule has 0 aliphatic rings. The van der Waals surface area contributed by atoms with E-state index in [9.17, 15) is 18.0 Å². The Bertz CT molecular complexity index is 1030. The first-order valence-electron chi connectivity index (χ1n) is 7.78. The van der Waals surface area contributed by atoms with Crippen molar-refractivity contribution in [2.45, 2.75) is 12.6 Å². The zero-order chi connectivity index (χ0) is 18.9. The van der Waals surface area contributed by atoms with E-state index in [2.05, 4.69) is 6.58 Å². The molecule has 134 valence electrons. The van der Waals surface area contributed by atoms with Crippen molar-refractivity contribution in [2.24, 2.45) is 0 Å². The Balaban J connectivity index is 2.34. The van der Waals surface area contributed by atoms with E-state index < -0.39 is 17.2 Å². The molecule has 0 N–H and O–H groups in total. The minimum absolute atomic E-state index is 0.0346. The van der Waals surface area contributed by atoms with Gasteiger partial charge >= 0.3 is 6.18 Å². The van der Waals surface area contributed by atoms with Gasteiger partial charge in [0.15, 0.2) is 5.76 Å². The molecule has 1 heterocycles. The van der Waals surface area contributed by atoms with E-state index in [0.717, 1.165) is 12.1 Å². The number of allylic oxidation sites excluding steroid dienone is 1. The Morgan fingerprint density at radius 3 is 2.58 bits per heavy atom. The highest BCUT2D eigenvalue weighted by Crippen LogP contribution is 2.36. The summed E-state index contributed by atoms with van der Waals surface area (Å²) in [5.74, 6) is -0.166. The van der Waals surface area contributed by atoms with Crippen molar-refractivity contribution in [2.75, 3.05) is 7.11 Å². The normalized spacial score (nSPS) is 11.5. The van der Waals surface area contributed by atoms with Gasteiger partial charge in [0.1, 0.15) is 5.58 Å². The number of fused-ring (bicyclic) bond motifs is 1. The standard InChI is InChI=1S/C20H15F3O3/c1-3-6-12-7-5-10-15-16(24)19(25-2)18(26-17(12)15)13-8-4-9-14(11-13)20(21,22)23/h3-5,7-11H,1,6H2,2H3. The van der Waals surface area contributed by atoms with E-state index in [1.807, 2.05) is 0 Å². The van der Waals surface area contributed by atoms with Crippen LogP contribution in [0.4, 0.5) is 13.2 Å². The van der Waals surface area contributed by atoms with Gasteiger partial charge in [-0.15, -0.1) is 6.58 Å². The van der Waals surface area contributed by atoms with Crippen LogP contribution < -0.4 is 10.2 Å². The third-order valence-electron chi connectivity index (χ3n) is 3.98. The topological polar surface area (TPSA) is 39.4 Å². The minimum atomic E-state index is -4.51. The van der Waals surface area contributed by atoms with Crippen LogP contribution in [0, 0.1) is 0 Å². The third kappa shape index (κ3) is 3.10. The van der Waals surface area contributed by atoms with Crippen LogP contribution in [0.3, 0.4) is 0 Å². The van der Waals surface area contributed by atoms with Crippen LogP contribution in [0.15, 0.2) is 64.3 Å². The highest BCUT2D eigenvalue weighted by molar-refractivity contribution is 5.84. The summed E-state index contributed by atoms with van der Waals surface area (Å²) in [5, 5.41) is 0.303. The number of ether oxygens (including phenoxy) is 1. The maximum Gasteiger partial charge on any atom is 0.416 e. The van der Waals surface area contributed by atoms with Crippen molar-refractivity contribution in [1.29, 1.82) is 0 Å². The summed E-state index contributed by atoms with van der Waals surface area (Å²) in [7, 11) is 1.28. The van der Waals surface area contributed by atoms with Crippen LogP contribution >= 0.6 is 0 Å². The van der Waals surface area contributed by atoms with Crippen LogP contribution in [-0.2, 0) is 12.6 Å². The second-order valence-corrected chi connectivity index (χ2v) is 5.66. The number of para-hydroxylation sites is 1. The fourth-order valence-corrected chi connectivity index (χ4v) is 2.79. The van der Waals surface area contributed by atoms with Gasteiger partial charge < -0.3 is 9.15 Å². The number of hydrogen-bond donors (Lipinski definition) is 0. The summed E-state index contributed by atoms with van der Waals surface area (Å²) >= 11 is 0. The second-order valence-electron chi connectivity index (χ2n) is 5.66. The monoisotopic (exact) mass is 360 g/mol. The number of hydrogen-bond acceptors (Lipinski definition) is 3. The van der Waals surface area contributed by atoms with Crippen LogP contribution in [-0.4, -0.2) is 7.11 Å². The van der Waals surface area contributed by atoms with Crippen LogP contribution in [0.1, 0.15) is 11.1 Å². The van der Waals surface area contributed by atoms with Gasteiger partial charge in [-0.3, -0.25) is 4.79 Å². The molecule has 0 amide bonds. The van der Waals surface area contributed by atoms with E-state index in [4.69, 9.17) is 9.15 Å². The molecule has 0 aliphatic heterocycles. The molecular weight excluding hydrogens is 345 g/mol. The van der Waals surface area contributed by atoms with Gasteiger partial charge in [0.2, 0.25) is 11.2 Å². The molecule has 0 saturated heterocycles. The highest BCUT2D eigenvalue weighted by Gasteiger charge is 2.31. The van der Waals surface area contributed by atoms with Crippen molar-refractivity contribution in [3.63, 3.8) is 0 Å². The summed E-state index contributed by atoms with van der Waals surface area (Å²) in [5.41, 5.74) is -0.133. The minimum Gasteiger partial charge on any atom is -0.490 e. The zero-order valence-corrected chi connectivity index (χ0v) is 13.9.